The van der Waals surface area contributed by atoms with Crippen LogP contribution in [0.5, 0.6) is 5.75 Å². The normalized spacial score (nSPS) is 22.3. The van der Waals surface area contributed by atoms with Crippen molar-refractivity contribution in [2.45, 2.75) is 38.8 Å². The predicted octanol–water partition coefficient (Wildman–Crippen LogP) is 3.60. The number of carbonyl (C=O) groups excluding carboxylic acids is 2. The summed E-state index contributed by atoms with van der Waals surface area (Å²) in [5, 5.41) is 12.8. The molecule has 0 bridgehead atoms. The summed E-state index contributed by atoms with van der Waals surface area (Å²) in [5.41, 5.74) is 8.88. The van der Waals surface area contributed by atoms with Gasteiger partial charge in [-0.2, -0.15) is 5.26 Å². The van der Waals surface area contributed by atoms with Crippen LogP contribution >= 0.6 is 0 Å². The molecule has 0 saturated heterocycles. The number of methoxy groups -OCH3 is 1. The lowest BCUT2D eigenvalue weighted by atomic mass is 9.79. The minimum Gasteiger partial charge on any atom is -0.495 e. The van der Waals surface area contributed by atoms with Gasteiger partial charge in [-0.3, -0.25) is 9.59 Å². The lowest BCUT2D eigenvalue weighted by molar-refractivity contribution is -0.117. The summed E-state index contributed by atoms with van der Waals surface area (Å²) >= 11 is 0. The Morgan fingerprint density at radius 1 is 1.23 bits per heavy atom. The number of nitrogens with zero attached hydrogens (tertiary/aromatic N) is 2. The van der Waals surface area contributed by atoms with Crippen molar-refractivity contribution in [3.8, 4) is 11.8 Å². The summed E-state index contributed by atoms with van der Waals surface area (Å²) in [4.78, 5) is 26.4. The molecule has 2 aliphatic rings. The number of ether oxygens (including phenoxy) is 1. The van der Waals surface area contributed by atoms with Crippen LogP contribution in [0.3, 0.4) is 0 Å². The maximum absolute atomic E-state index is 12.7. The highest BCUT2D eigenvalue weighted by Crippen LogP contribution is 2.50. The number of nitriles is 1. The average molecular weight is 418 g/mol. The number of hydrogen-bond acceptors (Lipinski definition) is 5. The number of amides is 2. The zero-order valence-corrected chi connectivity index (χ0v) is 17.9. The third-order valence-electron chi connectivity index (χ3n) is 6.36. The van der Waals surface area contributed by atoms with E-state index < -0.39 is 5.91 Å². The molecule has 1 saturated carbocycles. The molecule has 0 unspecified atom stereocenters. The second kappa shape index (κ2) is 7.95. The summed E-state index contributed by atoms with van der Waals surface area (Å²) in [6, 6.07) is 12.7. The Balaban J connectivity index is 1.81. The van der Waals surface area contributed by atoms with Crippen LogP contribution in [0.25, 0.3) is 0 Å². The fourth-order valence-corrected chi connectivity index (χ4v) is 4.77. The van der Waals surface area contributed by atoms with Crippen molar-refractivity contribution in [3.63, 3.8) is 0 Å². The Kier molecular flexibility index (Phi) is 5.32. The molecule has 1 heterocycles. The van der Waals surface area contributed by atoms with Crippen LogP contribution in [0.2, 0.25) is 0 Å². The number of primary amides is 1. The third-order valence-corrected chi connectivity index (χ3v) is 6.36. The molecule has 2 amide bonds. The average Bonchev–Trinajstić information content (AvgIpc) is 3.59. The molecule has 160 valence electrons. The number of nitrogens with two attached hydrogens (primary N) is 1. The Hall–Kier alpha value is -3.53. The van der Waals surface area contributed by atoms with Crippen LogP contribution in [0.1, 0.15) is 54.2 Å². The van der Waals surface area contributed by atoms with E-state index in [0.29, 0.717) is 22.8 Å². The maximum atomic E-state index is 12.7. The van der Waals surface area contributed by atoms with E-state index in [1.54, 1.807) is 31.2 Å². The molecule has 0 spiro atoms. The number of benzene rings is 2. The zero-order valence-electron chi connectivity index (χ0n) is 17.9. The van der Waals surface area contributed by atoms with Crippen LogP contribution in [0, 0.1) is 23.2 Å². The molecule has 31 heavy (non-hydrogen) atoms. The molecular weight excluding hydrogens is 392 g/mol. The van der Waals surface area contributed by atoms with Gasteiger partial charge >= 0.3 is 0 Å². The Morgan fingerprint density at radius 2 is 1.97 bits per heavy atom. The van der Waals surface area contributed by atoms with Gasteiger partial charge in [0.2, 0.25) is 11.8 Å². The topological polar surface area (TPSA) is 108 Å². The van der Waals surface area contributed by atoms with Crippen LogP contribution in [-0.4, -0.2) is 25.0 Å². The summed E-state index contributed by atoms with van der Waals surface area (Å²) in [5.74, 6) is 0.533. The Bertz CT molecular complexity index is 1090. The van der Waals surface area contributed by atoms with Crippen molar-refractivity contribution in [1.29, 1.82) is 5.26 Å². The van der Waals surface area contributed by atoms with Gasteiger partial charge in [-0.1, -0.05) is 6.92 Å². The second-order valence-corrected chi connectivity index (χ2v) is 8.36. The fraction of sp³-hybridized carbons (Fsp3) is 0.375. The molecule has 2 aromatic carbocycles. The van der Waals surface area contributed by atoms with Gasteiger partial charge in [-0.05, 0) is 54.7 Å². The smallest absolute Gasteiger partial charge is 0.248 e. The lowest BCUT2D eigenvalue weighted by Gasteiger charge is -2.46. The minimum atomic E-state index is -0.507. The molecule has 7 heteroatoms. The van der Waals surface area contributed by atoms with E-state index in [2.05, 4.69) is 18.3 Å². The van der Waals surface area contributed by atoms with Gasteiger partial charge < -0.3 is 20.7 Å². The molecule has 3 atom stereocenters. The molecule has 0 radical (unpaired) electrons. The van der Waals surface area contributed by atoms with Crippen molar-refractivity contribution < 1.29 is 14.3 Å². The number of rotatable bonds is 5. The molecule has 1 fully saturated rings. The first kappa shape index (κ1) is 20.7. The lowest BCUT2D eigenvalue weighted by Crippen LogP contribution is -2.51. The molecule has 1 aliphatic heterocycles. The van der Waals surface area contributed by atoms with Crippen molar-refractivity contribution in [1.82, 2.24) is 0 Å². The molecule has 4 rings (SSSR count). The SMILES string of the molecule is COc1cc(N[C@H]2c3cc(C(N)=O)ccc3N(C(C)=O)[C@@H](C3CC3)[C@@H]2C)ccc1C#N. The Labute approximate surface area is 181 Å². The van der Waals surface area contributed by atoms with Crippen LogP contribution in [0.15, 0.2) is 36.4 Å². The van der Waals surface area contributed by atoms with Crippen molar-refractivity contribution >= 4 is 23.2 Å². The van der Waals surface area contributed by atoms with Gasteiger partial charge in [0, 0.05) is 41.9 Å². The number of anilines is 2. The van der Waals surface area contributed by atoms with E-state index >= 15 is 0 Å². The highest BCUT2D eigenvalue weighted by Gasteiger charge is 2.47. The number of fused-ring (bicyclic) bond motifs is 1. The van der Waals surface area contributed by atoms with Gasteiger partial charge in [-0.15, -0.1) is 0 Å². The van der Waals surface area contributed by atoms with E-state index in [9.17, 15) is 14.9 Å². The van der Waals surface area contributed by atoms with Gasteiger partial charge in [0.1, 0.15) is 11.8 Å². The van der Waals surface area contributed by atoms with Crippen molar-refractivity contribution in [3.05, 3.63) is 53.1 Å². The van der Waals surface area contributed by atoms with Gasteiger partial charge in [0.25, 0.3) is 0 Å². The first-order chi connectivity index (χ1) is 14.8. The molecule has 0 aromatic heterocycles. The summed E-state index contributed by atoms with van der Waals surface area (Å²) < 4.78 is 5.35. The summed E-state index contributed by atoms with van der Waals surface area (Å²) in [6.07, 6.45) is 2.20. The first-order valence-electron chi connectivity index (χ1n) is 10.4. The third kappa shape index (κ3) is 3.70. The summed E-state index contributed by atoms with van der Waals surface area (Å²) in [7, 11) is 1.53. The highest BCUT2D eigenvalue weighted by molar-refractivity contribution is 5.97. The van der Waals surface area contributed by atoms with Gasteiger partial charge in [0.15, 0.2) is 0 Å². The molecule has 3 N–H and O–H groups in total. The fourth-order valence-electron chi connectivity index (χ4n) is 4.77. The quantitative estimate of drug-likeness (QED) is 0.771. The van der Waals surface area contributed by atoms with E-state index in [4.69, 9.17) is 10.5 Å². The molecule has 7 nitrogen and oxygen atoms in total. The zero-order chi connectivity index (χ0) is 22.3. The highest BCUT2D eigenvalue weighted by atomic mass is 16.5. The monoisotopic (exact) mass is 418 g/mol. The first-order valence-corrected chi connectivity index (χ1v) is 10.4. The standard InChI is InChI=1S/C24H26N4O3/c1-13-22(27-18-8-6-17(12-25)21(11-18)31-3)19-10-16(24(26)30)7-9-20(19)28(14(2)29)23(13)15-4-5-15/h6-11,13,15,22-23,27H,4-5H2,1-3H3,(H2,26,30)/t13-,22-,23-/m1/s1. The van der Waals surface area contributed by atoms with E-state index in [-0.39, 0.29) is 23.9 Å². The Morgan fingerprint density at radius 3 is 2.55 bits per heavy atom. The molecular formula is C24H26N4O3. The van der Waals surface area contributed by atoms with Crippen LogP contribution in [-0.2, 0) is 4.79 Å². The van der Waals surface area contributed by atoms with Gasteiger partial charge in [0.05, 0.1) is 18.7 Å². The molecule has 1 aliphatic carbocycles. The van der Waals surface area contributed by atoms with E-state index in [0.717, 1.165) is 29.8 Å². The van der Waals surface area contributed by atoms with Crippen molar-refractivity contribution in [2.75, 3.05) is 17.3 Å². The maximum Gasteiger partial charge on any atom is 0.248 e. The van der Waals surface area contributed by atoms with E-state index in [1.807, 2.05) is 17.0 Å². The van der Waals surface area contributed by atoms with Crippen LogP contribution < -0.4 is 20.7 Å². The largest absolute Gasteiger partial charge is 0.495 e. The number of hydrogen-bond donors (Lipinski definition) is 2. The van der Waals surface area contributed by atoms with Gasteiger partial charge in [-0.25, -0.2) is 0 Å². The number of nitrogens with one attached hydrogen (secondary N) is 1. The minimum absolute atomic E-state index is 0.00434. The predicted molar refractivity (Wildman–Crippen MR) is 118 cm³/mol. The van der Waals surface area contributed by atoms with Crippen molar-refractivity contribution in [2.24, 2.45) is 17.6 Å². The second-order valence-electron chi connectivity index (χ2n) is 8.36. The molecule has 2 aromatic rings. The van der Waals surface area contributed by atoms with Crippen LogP contribution in [0.4, 0.5) is 11.4 Å². The number of carbonyl (C=O) groups is 2. The summed E-state index contributed by atoms with van der Waals surface area (Å²) in [6.45, 7) is 3.73. The van der Waals surface area contributed by atoms with E-state index in [1.165, 1.54) is 7.11 Å².